The van der Waals surface area contributed by atoms with Crippen LogP contribution in [-0.4, -0.2) is 68.1 Å². The summed E-state index contributed by atoms with van der Waals surface area (Å²) in [5.74, 6) is 0.174. The summed E-state index contributed by atoms with van der Waals surface area (Å²) in [5, 5.41) is 18.0. The minimum Gasteiger partial charge on any atom is -0.391 e. The average Bonchev–Trinajstić information content (AvgIpc) is 3.10. The molecule has 116 valence electrons. The number of carbonyl (C=O) groups excluding carboxylic acids is 1. The second-order valence-electron chi connectivity index (χ2n) is 6.39. The zero-order valence-corrected chi connectivity index (χ0v) is 12.6. The van der Waals surface area contributed by atoms with Crippen LogP contribution in [-0.2, 0) is 18.4 Å². The Morgan fingerprint density at radius 1 is 1.43 bits per heavy atom. The number of aliphatic hydroxyl groups excluding tert-OH is 1. The van der Waals surface area contributed by atoms with Crippen molar-refractivity contribution in [3.8, 4) is 0 Å². The lowest BCUT2D eigenvalue weighted by Gasteiger charge is -2.23. The first-order chi connectivity index (χ1) is 10.0. The zero-order valence-electron chi connectivity index (χ0n) is 12.6. The van der Waals surface area contributed by atoms with Gasteiger partial charge in [0.05, 0.1) is 12.6 Å². The molecule has 1 aliphatic heterocycles. The maximum Gasteiger partial charge on any atom is 0.223 e. The number of hydrogen-bond acceptors (Lipinski definition) is 5. The third-order valence-electron chi connectivity index (χ3n) is 4.32. The number of amides is 1. The van der Waals surface area contributed by atoms with Gasteiger partial charge in [-0.05, 0) is 19.9 Å². The summed E-state index contributed by atoms with van der Waals surface area (Å²) in [7, 11) is 3.80. The molecule has 2 aliphatic rings. The molecule has 2 atom stereocenters. The Hall–Kier alpha value is -1.47. The molecular weight excluding hydrogens is 270 g/mol. The smallest absolute Gasteiger partial charge is 0.223 e. The van der Waals surface area contributed by atoms with Crippen molar-refractivity contribution in [2.24, 2.45) is 13.0 Å². The molecule has 0 unspecified atom stereocenters. The molecule has 1 aromatic heterocycles. The van der Waals surface area contributed by atoms with Gasteiger partial charge in [0.2, 0.25) is 5.91 Å². The minimum atomic E-state index is -0.392. The van der Waals surface area contributed by atoms with E-state index in [4.69, 9.17) is 0 Å². The summed E-state index contributed by atoms with van der Waals surface area (Å²) < 4.78 is 1.65. The molecule has 3 rings (SSSR count). The average molecular weight is 293 g/mol. The van der Waals surface area contributed by atoms with Crippen LogP contribution in [0.2, 0.25) is 0 Å². The molecule has 1 saturated heterocycles. The van der Waals surface area contributed by atoms with Gasteiger partial charge in [-0.25, -0.2) is 0 Å². The molecule has 0 bridgehead atoms. The lowest BCUT2D eigenvalue weighted by Crippen LogP contribution is -2.35. The van der Waals surface area contributed by atoms with Gasteiger partial charge in [-0.1, -0.05) is 5.21 Å². The van der Waals surface area contributed by atoms with Crippen molar-refractivity contribution in [3.05, 3.63) is 11.9 Å². The maximum absolute atomic E-state index is 12.6. The molecule has 2 fully saturated rings. The van der Waals surface area contributed by atoms with Gasteiger partial charge in [-0.3, -0.25) is 9.48 Å². The van der Waals surface area contributed by atoms with Crippen molar-refractivity contribution in [2.45, 2.75) is 38.0 Å². The highest BCUT2D eigenvalue weighted by atomic mass is 16.3. The van der Waals surface area contributed by atoms with Gasteiger partial charge in [-0.15, -0.1) is 5.10 Å². The fourth-order valence-corrected chi connectivity index (χ4v) is 3.06. The zero-order chi connectivity index (χ0) is 15.0. The Morgan fingerprint density at radius 2 is 2.19 bits per heavy atom. The highest BCUT2D eigenvalue weighted by molar-refractivity contribution is 5.77. The van der Waals surface area contributed by atoms with E-state index in [1.807, 2.05) is 25.2 Å². The number of aliphatic hydroxyl groups is 1. The molecule has 1 N–H and O–H groups in total. The van der Waals surface area contributed by atoms with E-state index in [-0.39, 0.29) is 11.8 Å². The molecule has 7 nitrogen and oxygen atoms in total. The van der Waals surface area contributed by atoms with Crippen molar-refractivity contribution < 1.29 is 9.90 Å². The van der Waals surface area contributed by atoms with Crippen molar-refractivity contribution in [1.82, 2.24) is 24.8 Å². The normalized spacial score (nSPS) is 26.2. The molecule has 0 spiro atoms. The first kappa shape index (κ1) is 14.5. The second-order valence-corrected chi connectivity index (χ2v) is 6.39. The van der Waals surface area contributed by atoms with Crippen LogP contribution in [0.4, 0.5) is 0 Å². The Labute approximate surface area is 124 Å². The van der Waals surface area contributed by atoms with E-state index in [0.717, 1.165) is 25.1 Å². The number of hydrogen-bond donors (Lipinski definition) is 1. The van der Waals surface area contributed by atoms with Gasteiger partial charge in [0, 0.05) is 44.7 Å². The van der Waals surface area contributed by atoms with E-state index in [9.17, 15) is 9.90 Å². The largest absolute Gasteiger partial charge is 0.391 e. The predicted octanol–water partition coefficient (Wildman–Crippen LogP) is -0.381. The van der Waals surface area contributed by atoms with E-state index < -0.39 is 6.10 Å². The number of nitrogens with zero attached hydrogens (tertiary/aromatic N) is 5. The van der Waals surface area contributed by atoms with Crippen molar-refractivity contribution in [1.29, 1.82) is 0 Å². The first-order valence-electron chi connectivity index (χ1n) is 7.54. The Kier molecular flexibility index (Phi) is 3.95. The van der Waals surface area contributed by atoms with Gasteiger partial charge in [0.15, 0.2) is 0 Å². The topological polar surface area (TPSA) is 74.5 Å². The molecule has 1 saturated carbocycles. The fourth-order valence-electron chi connectivity index (χ4n) is 3.06. The van der Waals surface area contributed by atoms with Gasteiger partial charge in [-0.2, -0.15) is 0 Å². The van der Waals surface area contributed by atoms with Crippen LogP contribution in [0.25, 0.3) is 0 Å². The van der Waals surface area contributed by atoms with Gasteiger partial charge < -0.3 is 14.9 Å². The summed E-state index contributed by atoms with van der Waals surface area (Å²) in [6.07, 6.45) is 4.01. The van der Waals surface area contributed by atoms with Crippen LogP contribution < -0.4 is 0 Å². The summed E-state index contributed by atoms with van der Waals surface area (Å²) >= 11 is 0. The van der Waals surface area contributed by atoms with E-state index in [1.165, 1.54) is 0 Å². The number of aromatic nitrogens is 3. The SMILES string of the molecule is CN1C[C@@H](CC(=O)N(Cc2cn(C)nn2)C2CC2)[C@H](O)C1. The van der Waals surface area contributed by atoms with Crippen LogP contribution in [0.1, 0.15) is 25.0 Å². The van der Waals surface area contributed by atoms with E-state index in [1.54, 1.807) is 4.68 Å². The Bertz CT molecular complexity index is 513. The number of likely N-dealkylation sites (N-methyl/N-ethyl adjacent to an activating group) is 1. The minimum absolute atomic E-state index is 0.0469. The first-order valence-corrected chi connectivity index (χ1v) is 7.54. The van der Waals surface area contributed by atoms with Crippen LogP contribution in [0.3, 0.4) is 0 Å². The second kappa shape index (κ2) is 5.73. The molecule has 0 radical (unpaired) electrons. The van der Waals surface area contributed by atoms with E-state index in [0.29, 0.717) is 25.6 Å². The maximum atomic E-state index is 12.6. The molecule has 1 aromatic rings. The molecule has 1 amide bonds. The number of rotatable bonds is 5. The monoisotopic (exact) mass is 293 g/mol. The van der Waals surface area contributed by atoms with Crippen LogP contribution in [0.15, 0.2) is 6.20 Å². The standard InChI is InChI=1S/C14H23N5O2/c1-17-6-10(13(20)9-17)5-14(21)19(12-3-4-12)8-11-7-18(2)16-15-11/h7,10,12-13,20H,3-6,8-9H2,1-2H3/t10-,13-/m1/s1. The number of aryl methyl sites for hydroxylation is 1. The Balaban J connectivity index is 1.62. The van der Waals surface area contributed by atoms with Gasteiger partial charge in [0.25, 0.3) is 0 Å². The van der Waals surface area contributed by atoms with Crippen molar-refractivity contribution >= 4 is 5.91 Å². The van der Waals surface area contributed by atoms with Gasteiger partial charge in [0.1, 0.15) is 5.69 Å². The number of β-amino-alcohol motifs (C(OH)–C–C–N with tert-alkyl or cyclic N) is 1. The molecule has 7 heteroatoms. The summed E-state index contributed by atoms with van der Waals surface area (Å²) in [5.41, 5.74) is 0.821. The van der Waals surface area contributed by atoms with Crippen molar-refractivity contribution in [3.63, 3.8) is 0 Å². The Morgan fingerprint density at radius 3 is 2.71 bits per heavy atom. The predicted molar refractivity (Wildman–Crippen MR) is 76.2 cm³/mol. The molecule has 21 heavy (non-hydrogen) atoms. The molecule has 1 aliphatic carbocycles. The highest BCUT2D eigenvalue weighted by Gasteiger charge is 2.37. The highest BCUT2D eigenvalue weighted by Crippen LogP contribution is 2.30. The number of likely N-dealkylation sites (tertiary alicyclic amines) is 1. The third kappa shape index (κ3) is 3.41. The lowest BCUT2D eigenvalue weighted by molar-refractivity contribution is -0.134. The summed E-state index contributed by atoms with van der Waals surface area (Å²) in [6, 6.07) is 0.343. The van der Waals surface area contributed by atoms with Gasteiger partial charge >= 0.3 is 0 Å². The van der Waals surface area contributed by atoms with Crippen LogP contribution in [0, 0.1) is 5.92 Å². The summed E-state index contributed by atoms with van der Waals surface area (Å²) in [6.45, 7) is 1.97. The van der Waals surface area contributed by atoms with E-state index in [2.05, 4.69) is 15.2 Å². The lowest BCUT2D eigenvalue weighted by atomic mass is 10.0. The third-order valence-corrected chi connectivity index (χ3v) is 4.32. The quantitative estimate of drug-likeness (QED) is 0.801. The molecular formula is C14H23N5O2. The van der Waals surface area contributed by atoms with Crippen LogP contribution in [0.5, 0.6) is 0 Å². The fraction of sp³-hybridized carbons (Fsp3) is 0.786. The van der Waals surface area contributed by atoms with Crippen molar-refractivity contribution in [2.75, 3.05) is 20.1 Å². The molecule has 2 heterocycles. The van der Waals surface area contributed by atoms with E-state index >= 15 is 0 Å². The summed E-state index contributed by atoms with van der Waals surface area (Å²) in [4.78, 5) is 16.6. The van der Waals surface area contributed by atoms with Crippen LogP contribution >= 0.6 is 0 Å². The number of carbonyl (C=O) groups is 1. The molecule has 0 aromatic carbocycles.